The van der Waals surface area contributed by atoms with Crippen molar-refractivity contribution in [2.45, 2.75) is 43.9 Å². The van der Waals surface area contributed by atoms with Crippen molar-refractivity contribution in [1.29, 1.82) is 0 Å². The van der Waals surface area contributed by atoms with Gasteiger partial charge < -0.3 is 10.5 Å². The summed E-state index contributed by atoms with van der Waals surface area (Å²) in [5, 5.41) is 0. The van der Waals surface area contributed by atoms with E-state index < -0.39 is 12.1 Å². The third-order valence-electron chi connectivity index (χ3n) is 3.53. The standard InChI is InChI=1S/C14H18F3NO/c15-14(16,17)13(9-19-12-3-1-2-4-12)10-5-7-11(18)8-6-10/h5-8,12-13H,1-4,9,18H2. The molecule has 0 saturated heterocycles. The van der Waals surface area contributed by atoms with Crippen LogP contribution >= 0.6 is 0 Å². The second kappa shape index (κ2) is 5.82. The number of rotatable bonds is 4. The van der Waals surface area contributed by atoms with Gasteiger partial charge in [0, 0.05) is 5.69 Å². The van der Waals surface area contributed by atoms with E-state index in [1.807, 2.05) is 0 Å². The molecule has 106 valence electrons. The summed E-state index contributed by atoms with van der Waals surface area (Å²) < 4.78 is 44.6. The van der Waals surface area contributed by atoms with E-state index in [2.05, 4.69) is 0 Å². The van der Waals surface area contributed by atoms with Crippen molar-refractivity contribution in [2.75, 3.05) is 12.3 Å². The fourth-order valence-corrected chi connectivity index (χ4v) is 2.40. The molecule has 19 heavy (non-hydrogen) atoms. The highest BCUT2D eigenvalue weighted by Gasteiger charge is 2.41. The minimum absolute atomic E-state index is 0.0152. The molecule has 5 heteroatoms. The maximum Gasteiger partial charge on any atom is 0.397 e. The Bertz CT molecular complexity index is 396. The van der Waals surface area contributed by atoms with Gasteiger partial charge in [-0.15, -0.1) is 0 Å². The highest BCUT2D eigenvalue weighted by Crippen LogP contribution is 2.36. The quantitative estimate of drug-likeness (QED) is 0.845. The SMILES string of the molecule is Nc1ccc(C(COC2CCCC2)C(F)(F)F)cc1. The molecule has 0 spiro atoms. The summed E-state index contributed by atoms with van der Waals surface area (Å²) in [5.74, 6) is -1.58. The molecule has 1 aromatic carbocycles. The Labute approximate surface area is 110 Å². The number of alkyl halides is 3. The first kappa shape index (κ1) is 14.2. The normalized spacial score (nSPS) is 18.7. The molecular formula is C14H18F3NO. The van der Waals surface area contributed by atoms with Crippen LogP contribution in [0.3, 0.4) is 0 Å². The summed E-state index contributed by atoms with van der Waals surface area (Å²) in [6.07, 6.45) is -0.488. The predicted octanol–water partition coefficient (Wildman–Crippen LogP) is 3.87. The zero-order valence-corrected chi connectivity index (χ0v) is 10.6. The zero-order valence-electron chi connectivity index (χ0n) is 10.6. The van der Waals surface area contributed by atoms with Crippen molar-refractivity contribution >= 4 is 5.69 Å². The first-order chi connectivity index (χ1) is 8.97. The van der Waals surface area contributed by atoms with Crippen LogP contribution in [0.1, 0.15) is 37.2 Å². The summed E-state index contributed by atoms with van der Waals surface area (Å²) in [4.78, 5) is 0. The molecule has 1 atom stereocenters. The molecule has 1 aromatic rings. The number of hydrogen-bond donors (Lipinski definition) is 1. The molecule has 0 heterocycles. The topological polar surface area (TPSA) is 35.2 Å². The summed E-state index contributed by atoms with van der Waals surface area (Å²) in [6, 6.07) is 5.82. The van der Waals surface area contributed by atoms with E-state index in [0.29, 0.717) is 5.69 Å². The van der Waals surface area contributed by atoms with Gasteiger partial charge in [0.1, 0.15) is 5.92 Å². The van der Waals surface area contributed by atoms with Crippen molar-refractivity contribution in [1.82, 2.24) is 0 Å². The van der Waals surface area contributed by atoms with Crippen molar-refractivity contribution in [3.63, 3.8) is 0 Å². The highest BCUT2D eigenvalue weighted by molar-refractivity contribution is 5.40. The summed E-state index contributed by atoms with van der Waals surface area (Å²) >= 11 is 0. The molecular weight excluding hydrogens is 255 g/mol. The lowest BCUT2D eigenvalue weighted by molar-refractivity contribution is -0.166. The summed E-state index contributed by atoms with van der Waals surface area (Å²) in [6.45, 7) is -0.307. The maximum absolute atomic E-state index is 13.1. The van der Waals surface area contributed by atoms with Gasteiger partial charge in [-0.1, -0.05) is 25.0 Å². The van der Waals surface area contributed by atoms with Crippen LogP contribution in [-0.2, 0) is 4.74 Å². The van der Waals surface area contributed by atoms with Crippen LogP contribution in [0.4, 0.5) is 18.9 Å². The van der Waals surface area contributed by atoms with Crippen LogP contribution in [-0.4, -0.2) is 18.9 Å². The van der Waals surface area contributed by atoms with Gasteiger partial charge in [-0.3, -0.25) is 0 Å². The number of anilines is 1. The largest absolute Gasteiger partial charge is 0.399 e. The monoisotopic (exact) mass is 273 g/mol. The Kier molecular flexibility index (Phi) is 4.34. The number of benzene rings is 1. The van der Waals surface area contributed by atoms with Gasteiger partial charge in [0.05, 0.1) is 12.7 Å². The lowest BCUT2D eigenvalue weighted by Gasteiger charge is -2.22. The average Bonchev–Trinajstić information content (AvgIpc) is 2.83. The molecule has 2 nitrogen and oxygen atoms in total. The molecule has 0 bridgehead atoms. The average molecular weight is 273 g/mol. The van der Waals surface area contributed by atoms with Crippen LogP contribution in [0.2, 0.25) is 0 Å². The Balaban J connectivity index is 2.05. The maximum atomic E-state index is 13.1. The van der Waals surface area contributed by atoms with E-state index in [1.165, 1.54) is 24.3 Å². The molecule has 1 fully saturated rings. The molecule has 1 aliphatic carbocycles. The first-order valence-corrected chi connectivity index (χ1v) is 6.50. The lowest BCUT2D eigenvalue weighted by atomic mass is 9.99. The van der Waals surface area contributed by atoms with Crippen LogP contribution in [0.15, 0.2) is 24.3 Å². The van der Waals surface area contributed by atoms with E-state index in [1.54, 1.807) is 0 Å². The second-order valence-corrected chi connectivity index (χ2v) is 5.00. The van der Waals surface area contributed by atoms with Crippen LogP contribution in [0.5, 0.6) is 0 Å². The minimum atomic E-state index is -4.30. The summed E-state index contributed by atoms with van der Waals surface area (Å²) in [7, 11) is 0. The molecule has 0 aromatic heterocycles. The van der Waals surface area contributed by atoms with Crippen molar-refractivity contribution in [2.24, 2.45) is 0 Å². The van der Waals surface area contributed by atoms with Gasteiger partial charge in [0.25, 0.3) is 0 Å². The molecule has 0 aliphatic heterocycles. The van der Waals surface area contributed by atoms with E-state index >= 15 is 0 Å². The van der Waals surface area contributed by atoms with E-state index in [4.69, 9.17) is 10.5 Å². The third kappa shape index (κ3) is 3.86. The van der Waals surface area contributed by atoms with Gasteiger partial charge in [0.15, 0.2) is 0 Å². The zero-order chi connectivity index (χ0) is 13.9. The first-order valence-electron chi connectivity index (χ1n) is 6.50. The van der Waals surface area contributed by atoms with Gasteiger partial charge in [-0.2, -0.15) is 13.2 Å². The van der Waals surface area contributed by atoms with Crippen molar-refractivity contribution in [3.8, 4) is 0 Å². The van der Waals surface area contributed by atoms with Crippen LogP contribution in [0, 0.1) is 0 Å². The van der Waals surface area contributed by atoms with Gasteiger partial charge in [-0.05, 0) is 30.5 Å². The smallest absolute Gasteiger partial charge is 0.397 e. The molecule has 1 saturated carbocycles. The number of hydrogen-bond acceptors (Lipinski definition) is 2. The molecule has 2 rings (SSSR count). The second-order valence-electron chi connectivity index (χ2n) is 5.00. The Morgan fingerprint density at radius 1 is 1.16 bits per heavy atom. The Morgan fingerprint density at radius 2 is 1.74 bits per heavy atom. The highest BCUT2D eigenvalue weighted by atomic mass is 19.4. The van der Waals surface area contributed by atoms with Crippen molar-refractivity contribution in [3.05, 3.63) is 29.8 Å². The minimum Gasteiger partial charge on any atom is -0.399 e. The number of ether oxygens (including phenoxy) is 1. The van der Waals surface area contributed by atoms with Crippen LogP contribution in [0.25, 0.3) is 0 Å². The fraction of sp³-hybridized carbons (Fsp3) is 0.571. The van der Waals surface area contributed by atoms with Gasteiger partial charge in [-0.25, -0.2) is 0 Å². The Morgan fingerprint density at radius 3 is 2.26 bits per heavy atom. The van der Waals surface area contributed by atoms with E-state index in [9.17, 15) is 13.2 Å². The molecule has 0 amide bonds. The van der Waals surface area contributed by atoms with E-state index in [0.717, 1.165) is 25.7 Å². The van der Waals surface area contributed by atoms with Crippen LogP contribution < -0.4 is 5.73 Å². The fourth-order valence-electron chi connectivity index (χ4n) is 2.40. The van der Waals surface area contributed by atoms with Gasteiger partial charge >= 0.3 is 6.18 Å². The molecule has 0 radical (unpaired) electrons. The molecule has 1 aliphatic rings. The van der Waals surface area contributed by atoms with Gasteiger partial charge in [0.2, 0.25) is 0 Å². The molecule has 2 N–H and O–H groups in total. The number of halogens is 3. The lowest BCUT2D eigenvalue weighted by Crippen LogP contribution is -2.27. The number of nitrogen functional groups attached to an aromatic ring is 1. The number of nitrogens with two attached hydrogens (primary N) is 1. The molecule has 1 unspecified atom stereocenters. The van der Waals surface area contributed by atoms with Crippen molar-refractivity contribution < 1.29 is 17.9 Å². The predicted molar refractivity (Wildman–Crippen MR) is 67.9 cm³/mol. The van der Waals surface area contributed by atoms with E-state index in [-0.39, 0.29) is 18.3 Å². The third-order valence-corrected chi connectivity index (χ3v) is 3.53. The summed E-state index contributed by atoms with van der Waals surface area (Å²) in [5.41, 5.74) is 6.16. The Hall–Kier alpha value is -1.23.